The Kier molecular flexibility index (Phi) is 6.96. The number of nitrogens with zero attached hydrogens (tertiary/aromatic N) is 2. The standard InChI is InChI=1S/C21H26N3O5S/c1-16(25)17-5-8-21(9-6-17)30(28,29)22-11-2-3-12-23-13-10-18-4-7-20(24(26)27)14-19(18)15-23/h4-9,14,22H,2-3,10-13,15H2,1H3,(H,26,27)/q+1. The van der Waals surface area contributed by atoms with Gasteiger partial charge in [-0.05, 0) is 56.0 Å². The van der Waals surface area contributed by atoms with E-state index >= 15 is 0 Å². The molecule has 0 radical (unpaired) electrons. The Labute approximate surface area is 176 Å². The summed E-state index contributed by atoms with van der Waals surface area (Å²) in [6.07, 6.45) is 2.40. The zero-order valence-electron chi connectivity index (χ0n) is 16.9. The first-order valence-electron chi connectivity index (χ1n) is 9.87. The summed E-state index contributed by atoms with van der Waals surface area (Å²) >= 11 is 0. The minimum absolute atomic E-state index is 0.106. The Balaban J connectivity index is 1.44. The highest BCUT2D eigenvalue weighted by Gasteiger charge is 2.20. The zero-order chi connectivity index (χ0) is 21.7. The van der Waals surface area contributed by atoms with E-state index in [9.17, 15) is 18.1 Å². The van der Waals surface area contributed by atoms with Crippen LogP contribution in [-0.4, -0.2) is 48.9 Å². The highest BCUT2D eigenvalue weighted by molar-refractivity contribution is 7.89. The van der Waals surface area contributed by atoms with Crippen molar-refractivity contribution in [3.05, 3.63) is 64.1 Å². The molecule has 0 amide bonds. The van der Waals surface area contributed by atoms with E-state index < -0.39 is 10.0 Å². The van der Waals surface area contributed by atoms with Crippen LogP contribution >= 0.6 is 0 Å². The second kappa shape index (κ2) is 9.46. The monoisotopic (exact) mass is 432 g/mol. The van der Waals surface area contributed by atoms with Gasteiger partial charge in [0.25, 0.3) is 4.92 Å². The molecule has 0 spiro atoms. The van der Waals surface area contributed by atoms with Crippen LogP contribution in [0, 0.1) is 4.91 Å². The van der Waals surface area contributed by atoms with Crippen LogP contribution in [0.4, 0.5) is 5.69 Å². The van der Waals surface area contributed by atoms with Crippen LogP contribution in [0.5, 0.6) is 0 Å². The molecule has 30 heavy (non-hydrogen) atoms. The van der Waals surface area contributed by atoms with Gasteiger partial charge in [0.2, 0.25) is 10.0 Å². The number of carbonyl (C=O) groups is 1. The number of rotatable bonds is 9. The Morgan fingerprint density at radius 1 is 1.13 bits per heavy atom. The van der Waals surface area contributed by atoms with Crippen molar-refractivity contribution >= 4 is 21.5 Å². The molecule has 0 saturated carbocycles. The smallest absolute Gasteiger partial charge is 0.299 e. The van der Waals surface area contributed by atoms with E-state index in [1.54, 1.807) is 12.1 Å². The lowest BCUT2D eigenvalue weighted by atomic mass is 9.99. The maximum absolute atomic E-state index is 12.3. The first-order chi connectivity index (χ1) is 14.3. The van der Waals surface area contributed by atoms with Gasteiger partial charge in [-0.2, -0.15) is 0 Å². The summed E-state index contributed by atoms with van der Waals surface area (Å²) in [6.45, 7) is 4.19. The molecule has 0 saturated heterocycles. The lowest BCUT2D eigenvalue weighted by Crippen LogP contribution is -2.32. The quantitative estimate of drug-likeness (QED) is 0.358. The van der Waals surface area contributed by atoms with E-state index in [2.05, 4.69) is 9.62 Å². The first-order valence-corrected chi connectivity index (χ1v) is 11.4. The average molecular weight is 433 g/mol. The number of nitrogens with one attached hydrogen (secondary N) is 1. The molecule has 8 nitrogen and oxygen atoms in total. The van der Waals surface area contributed by atoms with Gasteiger partial charge in [0.1, 0.15) is 0 Å². The molecule has 2 aromatic rings. The van der Waals surface area contributed by atoms with Crippen LogP contribution in [0.1, 0.15) is 41.3 Å². The first kappa shape index (κ1) is 22.1. The minimum atomic E-state index is -3.59. The van der Waals surface area contributed by atoms with E-state index in [0.29, 0.717) is 25.1 Å². The van der Waals surface area contributed by atoms with Gasteiger partial charge in [-0.1, -0.05) is 18.2 Å². The van der Waals surface area contributed by atoms with Crippen molar-refractivity contribution in [1.29, 1.82) is 0 Å². The molecule has 9 heteroatoms. The molecule has 1 heterocycles. The number of hydrogen-bond acceptors (Lipinski definition) is 5. The number of Topliss-reactive ketones (excluding diaryl/α,β-unsaturated/α-hetero) is 1. The molecule has 0 atom stereocenters. The number of unbranched alkanes of at least 4 members (excludes halogenated alkanes) is 1. The van der Waals surface area contributed by atoms with E-state index in [-0.39, 0.29) is 21.3 Å². The van der Waals surface area contributed by atoms with Crippen LogP contribution in [-0.2, 0) is 23.0 Å². The van der Waals surface area contributed by atoms with Crippen molar-refractivity contribution in [3.63, 3.8) is 0 Å². The van der Waals surface area contributed by atoms with Crippen LogP contribution in [0.2, 0.25) is 0 Å². The largest absolute Gasteiger partial charge is 0.316 e. The Morgan fingerprint density at radius 3 is 2.53 bits per heavy atom. The van der Waals surface area contributed by atoms with Crippen LogP contribution in [0.15, 0.2) is 47.4 Å². The van der Waals surface area contributed by atoms with Gasteiger partial charge in [0.15, 0.2) is 5.78 Å². The summed E-state index contributed by atoms with van der Waals surface area (Å²) in [4.78, 5) is 24.7. The normalized spacial score (nSPS) is 14.3. The fourth-order valence-corrected chi connectivity index (χ4v) is 4.60. The molecule has 0 bridgehead atoms. The third-order valence-corrected chi connectivity index (χ3v) is 6.74. The van der Waals surface area contributed by atoms with Crippen LogP contribution in [0.3, 0.4) is 0 Å². The molecular formula is C21H26N3O5S+. The van der Waals surface area contributed by atoms with E-state index in [1.165, 1.54) is 36.8 Å². The number of carbonyl (C=O) groups excluding carboxylic acids is 1. The highest BCUT2D eigenvalue weighted by atomic mass is 32.2. The molecule has 2 aromatic carbocycles. The van der Waals surface area contributed by atoms with Crippen molar-refractivity contribution < 1.29 is 23.3 Å². The number of sulfonamides is 1. The third-order valence-electron chi connectivity index (χ3n) is 5.27. The Hall–Kier alpha value is -2.62. The maximum atomic E-state index is 12.3. The zero-order valence-corrected chi connectivity index (χ0v) is 17.7. The van der Waals surface area contributed by atoms with Gasteiger partial charge >= 0.3 is 5.69 Å². The maximum Gasteiger partial charge on any atom is 0.316 e. The molecule has 0 unspecified atom stereocenters. The summed E-state index contributed by atoms with van der Waals surface area (Å²) in [7, 11) is -3.59. The summed E-state index contributed by atoms with van der Waals surface area (Å²) < 4.78 is 27.3. The van der Waals surface area contributed by atoms with Crippen LogP contribution < -0.4 is 4.72 Å². The summed E-state index contributed by atoms with van der Waals surface area (Å²) in [5, 5.41) is 9.07. The summed E-state index contributed by atoms with van der Waals surface area (Å²) in [5.74, 6) is -0.106. The number of benzene rings is 2. The van der Waals surface area contributed by atoms with E-state index in [0.717, 1.165) is 31.5 Å². The van der Waals surface area contributed by atoms with Crippen molar-refractivity contribution in [3.8, 4) is 0 Å². The van der Waals surface area contributed by atoms with Gasteiger partial charge < -0.3 is 0 Å². The van der Waals surface area contributed by atoms with Gasteiger partial charge in [-0.15, -0.1) is 0 Å². The SMILES string of the molecule is CC(=O)c1ccc(S(=O)(=O)NCCCCN2CCc3ccc([N+](=O)O)cc3C2)cc1. The van der Waals surface area contributed by atoms with Gasteiger partial charge in [-0.25, -0.2) is 18.3 Å². The van der Waals surface area contributed by atoms with Crippen molar-refractivity contribution in [2.75, 3.05) is 19.6 Å². The fraction of sp³-hybridized carbons (Fsp3) is 0.381. The van der Waals surface area contributed by atoms with Gasteiger partial charge in [-0.3, -0.25) is 9.69 Å². The predicted molar refractivity (Wildman–Crippen MR) is 111 cm³/mol. The predicted octanol–water partition coefficient (Wildman–Crippen LogP) is 2.81. The van der Waals surface area contributed by atoms with Crippen LogP contribution in [0.25, 0.3) is 0 Å². The lowest BCUT2D eigenvalue weighted by Gasteiger charge is -2.28. The molecule has 0 aromatic heterocycles. The Morgan fingerprint density at radius 2 is 1.87 bits per heavy atom. The molecule has 0 aliphatic carbocycles. The number of ketones is 1. The van der Waals surface area contributed by atoms with E-state index in [1.807, 2.05) is 6.07 Å². The molecule has 3 rings (SSSR count). The second-order valence-electron chi connectivity index (χ2n) is 7.44. The lowest BCUT2D eigenvalue weighted by molar-refractivity contribution is -0.729. The van der Waals surface area contributed by atoms with Crippen molar-refractivity contribution in [1.82, 2.24) is 9.62 Å². The Bertz CT molecular complexity index is 1040. The van der Waals surface area contributed by atoms with Gasteiger partial charge in [0, 0.05) is 37.3 Å². The van der Waals surface area contributed by atoms with Gasteiger partial charge in [0.05, 0.1) is 9.80 Å². The topological polar surface area (TPSA) is 107 Å². The van der Waals surface area contributed by atoms with Crippen molar-refractivity contribution in [2.45, 2.75) is 37.6 Å². The second-order valence-corrected chi connectivity index (χ2v) is 9.20. The molecule has 1 aliphatic heterocycles. The number of fused-ring (bicyclic) bond motifs is 1. The third kappa shape index (κ3) is 5.50. The number of hydrogen-bond donors (Lipinski definition) is 2. The summed E-state index contributed by atoms with van der Waals surface area (Å²) in [6, 6.07) is 11.1. The summed E-state index contributed by atoms with van der Waals surface area (Å²) in [5.41, 5.74) is 2.91. The van der Waals surface area contributed by atoms with Crippen molar-refractivity contribution in [2.24, 2.45) is 0 Å². The fourth-order valence-electron chi connectivity index (χ4n) is 3.53. The molecule has 160 valence electrons. The molecule has 0 fully saturated rings. The molecule has 1 aliphatic rings. The molecular weight excluding hydrogens is 406 g/mol. The van der Waals surface area contributed by atoms with E-state index in [4.69, 9.17) is 5.21 Å². The molecule has 2 N–H and O–H groups in total. The minimum Gasteiger partial charge on any atom is -0.299 e. The average Bonchev–Trinajstić information content (AvgIpc) is 2.72. The highest BCUT2D eigenvalue weighted by Crippen LogP contribution is 2.23.